The number of pyridine rings is 2. The summed E-state index contributed by atoms with van der Waals surface area (Å²) in [6.07, 6.45) is 4.92. The maximum atomic E-state index is 13.9. The molecule has 144 valence electrons. The van der Waals surface area contributed by atoms with E-state index < -0.39 is 5.91 Å². The number of anilines is 1. The number of carbonyl (C=O) groups excluding carboxylic acids is 1. The summed E-state index contributed by atoms with van der Waals surface area (Å²) in [6.45, 7) is 0.311. The lowest BCUT2D eigenvalue weighted by Gasteiger charge is -2.10. The van der Waals surface area contributed by atoms with Crippen molar-refractivity contribution in [2.24, 2.45) is 0 Å². The van der Waals surface area contributed by atoms with E-state index >= 15 is 0 Å². The minimum atomic E-state index is -0.448. The molecule has 6 nitrogen and oxygen atoms in total. The fraction of sp³-hybridized carbons (Fsp3) is 0.0476. The molecule has 0 fully saturated rings. The largest absolute Gasteiger partial charge is 0.485 e. The summed E-state index contributed by atoms with van der Waals surface area (Å²) in [4.78, 5) is 25.0. The number of benzene rings is 1. The highest BCUT2D eigenvalue weighted by molar-refractivity contribution is 7.13. The zero-order valence-corrected chi connectivity index (χ0v) is 15.9. The Labute approximate surface area is 170 Å². The van der Waals surface area contributed by atoms with Gasteiger partial charge in [0.1, 0.15) is 23.1 Å². The highest BCUT2D eigenvalue weighted by atomic mass is 32.1. The van der Waals surface area contributed by atoms with Crippen LogP contribution in [0.15, 0.2) is 72.5 Å². The van der Waals surface area contributed by atoms with E-state index in [1.165, 1.54) is 17.4 Å². The van der Waals surface area contributed by atoms with Crippen molar-refractivity contribution in [2.45, 2.75) is 6.61 Å². The van der Waals surface area contributed by atoms with Gasteiger partial charge >= 0.3 is 0 Å². The van der Waals surface area contributed by atoms with E-state index in [1.54, 1.807) is 54.3 Å². The molecule has 4 rings (SSSR count). The number of hydrogen-bond acceptors (Lipinski definition) is 6. The summed E-state index contributed by atoms with van der Waals surface area (Å²) < 4.78 is 19.7. The van der Waals surface area contributed by atoms with E-state index in [2.05, 4.69) is 20.3 Å². The van der Waals surface area contributed by atoms with Crippen LogP contribution in [0.3, 0.4) is 0 Å². The molecule has 1 amide bonds. The molecule has 0 atom stereocenters. The third-order valence-electron chi connectivity index (χ3n) is 3.99. The molecule has 1 N–H and O–H groups in total. The molecule has 0 spiro atoms. The number of nitrogens with one attached hydrogen (secondary N) is 1. The predicted molar refractivity (Wildman–Crippen MR) is 108 cm³/mol. The lowest BCUT2D eigenvalue weighted by atomic mass is 10.2. The third kappa shape index (κ3) is 4.44. The Kier molecular flexibility index (Phi) is 5.53. The van der Waals surface area contributed by atoms with Crippen LogP contribution >= 0.6 is 11.3 Å². The molecule has 0 saturated carbocycles. The smallest absolute Gasteiger partial charge is 0.276 e. The Balaban J connectivity index is 1.48. The normalized spacial score (nSPS) is 10.5. The Morgan fingerprint density at radius 2 is 1.90 bits per heavy atom. The van der Waals surface area contributed by atoms with Gasteiger partial charge in [-0.1, -0.05) is 12.1 Å². The van der Waals surface area contributed by atoms with Crippen LogP contribution in [0.1, 0.15) is 16.1 Å². The number of nitrogens with zero attached hydrogens (tertiary/aromatic N) is 3. The van der Waals surface area contributed by atoms with Gasteiger partial charge in [-0.05, 0) is 42.0 Å². The first-order valence-corrected chi connectivity index (χ1v) is 9.57. The van der Waals surface area contributed by atoms with Crippen LogP contribution in [0.4, 0.5) is 10.2 Å². The molecule has 0 aliphatic rings. The zero-order chi connectivity index (χ0) is 20.1. The number of halogens is 1. The van der Waals surface area contributed by atoms with Gasteiger partial charge in [-0.2, -0.15) is 0 Å². The second kappa shape index (κ2) is 8.57. The van der Waals surface area contributed by atoms with Crippen LogP contribution in [0, 0.1) is 5.82 Å². The van der Waals surface area contributed by atoms with Gasteiger partial charge in [0.25, 0.3) is 5.91 Å². The van der Waals surface area contributed by atoms with Gasteiger partial charge < -0.3 is 10.1 Å². The molecule has 0 unspecified atom stereocenters. The molecule has 3 heterocycles. The third-order valence-corrected chi connectivity index (χ3v) is 4.86. The fourth-order valence-corrected chi connectivity index (χ4v) is 3.38. The number of ether oxygens (including phenoxy) is 1. The first-order valence-electron chi connectivity index (χ1n) is 8.69. The van der Waals surface area contributed by atoms with Crippen molar-refractivity contribution in [1.29, 1.82) is 0 Å². The fourth-order valence-electron chi connectivity index (χ4n) is 2.55. The van der Waals surface area contributed by atoms with Gasteiger partial charge in [-0.3, -0.25) is 9.78 Å². The van der Waals surface area contributed by atoms with Gasteiger partial charge in [0.15, 0.2) is 11.6 Å². The molecule has 0 bridgehead atoms. The van der Waals surface area contributed by atoms with Crippen LogP contribution < -0.4 is 10.1 Å². The average Bonchev–Trinajstić information content (AvgIpc) is 3.24. The zero-order valence-electron chi connectivity index (χ0n) is 15.1. The summed E-state index contributed by atoms with van der Waals surface area (Å²) in [5.74, 6) is -0.115. The lowest BCUT2D eigenvalue weighted by molar-refractivity contribution is 0.102. The van der Waals surface area contributed by atoms with Crippen LogP contribution in [0.5, 0.6) is 5.75 Å². The highest BCUT2D eigenvalue weighted by Gasteiger charge is 2.16. The van der Waals surface area contributed by atoms with Crippen molar-refractivity contribution in [3.63, 3.8) is 0 Å². The summed E-state index contributed by atoms with van der Waals surface area (Å²) >= 11 is 1.20. The summed E-state index contributed by atoms with van der Waals surface area (Å²) in [5, 5.41) is 4.72. The number of rotatable bonds is 6. The SMILES string of the molecule is O=C(Nc1ncccc1OCc1ccncc1)c1csc(-c2ccccc2F)n1. The van der Waals surface area contributed by atoms with Crippen molar-refractivity contribution in [3.05, 3.63) is 89.6 Å². The summed E-state index contributed by atoms with van der Waals surface area (Å²) in [5.41, 5.74) is 1.48. The molecule has 29 heavy (non-hydrogen) atoms. The standard InChI is InChI=1S/C21H15FN4O2S/c22-16-5-2-1-4-15(16)21-25-17(13-29-21)20(27)26-19-18(6-3-9-24-19)28-12-14-7-10-23-11-8-14/h1-11,13H,12H2,(H,24,26,27). The van der Waals surface area contributed by atoms with Crippen LogP contribution in [-0.4, -0.2) is 20.9 Å². The monoisotopic (exact) mass is 406 g/mol. The first-order chi connectivity index (χ1) is 14.2. The number of hydrogen-bond donors (Lipinski definition) is 1. The van der Waals surface area contributed by atoms with Crippen LogP contribution in [-0.2, 0) is 6.61 Å². The minimum Gasteiger partial charge on any atom is -0.485 e. The maximum Gasteiger partial charge on any atom is 0.276 e. The van der Waals surface area contributed by atoms with Crippen molar-refractivity contribution in [2.75, 3.05) is 5.32 Å². The Hall–Kier alpha value is -3.65. The topological polar surface area (TPSA) is 77.0 Å². The molecule has 3 aromatic heterocycles. The number of amides is 1. The van der Waals surface area contributed by atoms with Gasteiger partial charge in [-0.25, -0.2) is 14.4 Å². The molecule has 8 heteroatoms. The molecule has 0 saturated heterocycles. The second-order valence-corrected chi connectivity index (χ2v) is 6.82. The number of thiazole rings is 1. The predicted octanol–water partition coefficient (Wildman–Crippen LogP) is 4.57. The van der Waals surface area contributed by atoms with E-state index in [-0.39, 0.29) is 17.3 Å². The quantitative estimate of drug-likeness (QED) is 0.508. The van der Waals surface area contributed by atoms with E-state index in [1.807, 2.05) is 12.1 Å². The van der Waals surface area contributed by atoms with Gasteiger partial charge in [0.05, 0.1) is 0 Å². The molecule has 4 aromatic rings. The van der Waals surface area contributed by atoms with E-state index in [0.717, 1.165) is 5.56 Å². The lowest BCUT2D eigenvalue weighted by Crippen LogP contribution is -2.14. The van der Waals surface area contributed by atoms with Crippen LogP contribution in [0.25, 0.3) is 10.6 Å². The van der Waals surface area contributed by atoms with Gasteiger partial charge in [-0.15, -0.1) is 11.3 Å². The molecular formula is C21H15FN4O2S. The number of aromatic nitrogens is 3. The Morgan fingerprint density at radius 3 is 2.72 bits per heavy atom. The van der Waals surface area contributed by atoms with Crippen molar-refractivity contribution < 1.29 is 13.9 Å². The van der Waals surface area contributed by atoms with Crippen LogP contribution in [0.2, 0.25) is 0 Å². The van der Waals surface area contributed by atoms with E-state index in [4.69, 9.17) is 4.74 Å². The van der Waals surface area contributed by atoms with Gasteiger partial charge in [0.2, 0.25) is 0 Å². The summed E-state index contributed by atoms with van der Waals surface area (Å²) in [7, 11) is 0. The summed E-state index contributed by atoms with van der Waals surface area (Å²) in [6, 6.07) is 13.4. The van der Waals surface area contributed by atoms with E-state index in [0.29, 0.717) is 22.9 Å². The van der Waals surface area contributed by atoms with Crippen molar-refractivity contribution in [1.82, 2.24) is 15.0 Å². The molecule has 0 aliphatic carbocycles. The minimum absolute atomic E-state index is 0.180. The molecule has 0 aliphatic heterocycles. The second-order valence-electron chi connectivity index (χ2n) is 5.97. The maximum absolute atomic E-state index is 13.9. The average molecular weight is 406 g/mol. The van der Waals surface area contributed by atoms with Crippen molar-refractivity contribution >= 4 is 23.1 Å². The van der Waals surface area contributed by atoms with Gasteiger partial charge in [0, 0.05) is 29.5 Å². The number of carbonyl (C=O) groups is 1. The molecular weight excluding hydrogens is 391 g/mol. The van der Waals surface area contributed by atoms with E-state index in [9.17, 15) is 9.18 Å². The molecule has 0 radical (unpaired) electrons. The van der Waals surface area contributed by atoms with Crippen molar-refractivity contribution in [3.8, 4) is 16.3 Å². The first kappa shape index (κ1) is 18.7. The Morgan fingerprint density at radius 1 is 1.07 bits per heavy atom. The Bertz CT molecular complexity index is 1130. The molecule has 1 aromatic carbocycles. The highest BCUT2D eigenvalue weighted by Crippen LogP contribution is 2.27.